The lowest BCUT2D eigenvalue weighted by atomic mass is 9.79. The van der Waals surface area contributed by atoms with Crippen molar-refractivity contribution < 1.29 is 9.90 Å². The van der Waals surface area contributed by atoms with Crippen LogP contribution in [0, 0.1) is 23.2 Å². The molecule has 5 heteroatoms. The Hall–Kier alpha value is -2.09. The Kier molecular flexibility index (Phi) is 4.35. The molecule has 2 N–H and O–H groups in total. The van der Waals surface area contributed by atoms with E-state index in [0.717, 1.165) is 25.7 Å². The molecule has 5 nitrogen and oxygen atoms in total. The van der Waals surface area contributed by atoms with Crippen molar-refractivity contribution in [2.45, 2.75) is 25.7 Å². The van der Waals surface area contributed by atoms with Crippen LogP contribution in [0.4, 0.5) is 5.69 Å². The van der Waals surface area contributed by atoms with E-state index in [-0.39, 0.29) is 11.8 Å². The first-order chi connectivity index (χ1) is 9.22. The van der Waals surface area contributed by atoms with E-state index < -0.39 is 5.97 Å². The molecule has 0 aliphatic heterocycles. The highest BCUT2D eigenvalue weighted by Crippen LogP contribution is 2.30. The van der Waals surface area contributed by atoms with Crippen LogP contribution >= 0.6 is 0 Å². The summed E-state index contributed by atoms with van der Waals surface area (Å²) in [5.74, 6) is -0.861. The van der Waals surface area contributed by atoms with Gasteiger partial charge in [-0.25, -0.2) is 4.98 Å². The van der Waals surface area contributed by atoms with Gasteiger partial charge in [-0.15, -0.1) is 0 Å². The van der Waals surface area contributed by atoms with Crippen molar-refractivity contribution in [2.24, 2.45) is 11.8 Å². The van der Waals surface area contributed by atoms with E-state index in [4.69, 9.17) is 5.26 Å². The van der Waals surface area contributed by atoms with Gasteiger partial charge in [0.05, 0.1) is 11.6 Å². The van der Waals surface area contributed by atoms with Gasteiger partial charge >= 0.3 is 5.97 Å². The molecule has 1 aliphatic rings. The topological polar surface area (TPSA) is 86.0 Å². The second-order valence-electron chi connectivity index (χ2n) is 4.88. The number of pyridine rings is 1. The smallest absolute Gasteiger partial charge is 0.306 e. The van der Waals surface area contributed by atoms with Gasteiger partial charge < -0.3 is 10.4 Å². The summed E-state index contributed by atoms with van der Waals surface area (Å²) in [5.41, 5.74) is 1.03. The molecule has 2 atom stereocenters. The molecule has 2 rings (SSSR count). The molecule has 0 spiro atoms. The van der Waals surface area contributed by atoms with E-state index in [9.17, 15) is 9.90 Å². The monoisotopic (exact) mass is 259 g/mol. The van der Waals surface area contributed by atoms with E-state index in [0.29, 0.717) is 17.9 Å². The summed E-state index contributed by atoms with van der Waals surface area (Å²) in [5, 5.41) is 21.3. The third-order valence-corrected chi connectivity index (χ3v) is 3.69. The summed E-state index contributed by atoms with van der Waals surface area (Å²) in [6.07, 6.45) is 5.31. The SMILES string of the molecule is N#Cc1ncccc1NCC1CCCCC1C(=O)O. The van der Waals surface area contributed by atoms with E-state index in [1.165, 1.54) is 0 Å². The van der Waals surface area contributed by atoms with Crippen LogP contribution in [0.2, 0.25) is 0 Å². The average Bonchev–Trinajstić information content (AvgIpc) is 2.45. The van der Waals surface area contributed by atoms with Gasteiger partial charge in [-0.1, -0.05) is 12.8 Å². The quantitative estimate of drug-likeness (QED) is 0.866. The lowest BCUT2D eigenvalue weighted by Crippen LogP contribution is -2.31. The van der Waals surface area contributed by atoms with Gasteiger partial charge in [0, 0.05) is 12.7 Å². The highest BCUT2D eigenvalue weighted by molar-refractivity contribution is 5.70. The van der Waals surface area contributed by atoms with E-state index in [2.05, 4.69) is 10.3 Å². The van der Waals surface area contributed by atoms with Gasteiger partial charge in [0.15, 0.2) is 5.69 Å². The van der Waals surface area contributed by atoms with E-state index in [1.54, 1.807) is 18.3 Å². The molecular weight excluding hydrogens is 242 g/mol. The standard InChI is InChI=1S/C14H17N3O2/c15-8-13-12(6-3-7-16-13)17-9-10-4-1-2-5-11(10)14(18)19/h3,6-7,10-11,17H,1-2,4-5,9H2,(H,18,19). The van der Waals surface area contributed by atoms with Gasteiger partial charge in [-0.05, 0) is 30.9 Å². The summed E-state index contributed by atoms with van der Waals surface area (Å²) in [7, 11) is 0. The van der Waals surface area contributed by atoms with Crippen LogP contribution in [0.5, 0.6) is 0 Å². The van der Waals surface area contributed by atoms with Crippen LogP contribution in [0.1, 0.15) is 31.4 Å². The summed E-state index contributed by atoms with van der Waals surface area (Å²) in [6.45, 7) is 0.581. The Morgan fingerprint density at radius 2 is 2.32 bits per heavy atom. The second-order valence-corrected chi connectivity index (χ2v) is 4.88. The van der Waals surface area contributed by atoms with Crippen LogP contribution in [0.15, 0.2) is 18.3 Å². The van der Waals surface area contributed by atoms with E-state index in [1.807, 2.05) is 6.07 Å². The predicted molar refractivity (Wildman–Crippen MR) is 70.5 cm³/mol. The minimum Gasteiger partial charge on any atom is -0.481 e. The number of carbonyl (C=O) groups is 1. The van der Waals surface area contributed by atoms with Crippen LogP contribution < -0.4 is 5.32 Å². The summed E-state index contributed by atoms with van der Waals surface area (Å²) >= 11 is 0. The summed E-state index contributed by atoms with van der Waals surface area (Å²) in [4.78, 5) is 15.2. The molecule has 1 saturated carbocycles. The summed E-state index contributed by atoms with van der Waals surface area (Å²) in [6, 6.07) is 5.59. The predicted octanol–water partition coefficient (Wildman–Crippen LogP) is 2.26. The minimum atomic E-state index is -0.710. The van der Waals surface area contributed by atoms with Gasteiger partial charge in [0.2, 0.25) is 0 Å². The van der Waals surface area contributed by atoms with Crippen molar-refractivity contribution in [3.8, 4) is 6.07 Å². The highest BCUT2D eigenvalue weighted by Gasteiger charge is 2.30. The van der Waals surface area contributed by atoms with Crippen molar-refractivity contribution in [3.05, 3.63) is 24.0 Å². The van der Waals surface area contributed by atoms with Crippen LogP contribution in [-0.2, 0) is 4.79 Å². The minimum absolute atomic E-state index is 0.123. The number of nitrogens with zero attached hydrogens (tertiary/aromatic N) is 2. The van der Waals surface area contributed by atoms with Gasteiger partial charge in [0.25, 0.3) is 0 Å². The maximum atomic E-state index is 11.2. The lowest BCUT2D eigenvalue weighted by Gasteiger charge is -2.28. The zero-order chi connectivity index (χ0) is 13.7. The lowest BCUT2D eigenvalue weighted by molar-refractivity contribution is -0.144. The van der Waals surface area contributed by atoms with Crippen molar-refractivity contribution in [1.82, 2.24) is 4.98 Å². The molecule has 0 amide bonds. The molecule has 2 unspecified atom stereocenters. The number of carboxylic acids is 1. The molecule has 0 aromatic carbocycles. The maximum Gasteiger partial charge on any atom is 0.306 e. The van der Waals surface area contributed by atoms with Crippen LogP contribution in [0.3, 0.4) is 0 Å². The average molecular weight is 259 g/mol. The normalized spacial score (nSPS) is 22.5. The first-order valence-electron chi connectivity index (χ1n) is 6.54. The number of aromatic nitrogens is 1. The number of nitriles is 1. The molecule has 1 aliphatic carbocycles. The Morgan fingerprint density at radius 1 is 1.53 bits per heavy atom. The third-order valence-electron chi connectivity index (χ3n) is 3.69. The molecular formula is C14H17N3O2. The van der Waals surface area contributed by atoms with Crippen molar-refractivity contribution >= 4 is 11.7 Å². The molecule has 0 saturated heterocycles. The number of anilines is 1. The largest absolute Gasteiger partial charge is 0.481 e. The number of rotatable bonds is 4. The van der Waals surface area contributed by atoms with Gasteiger partial charge in [-0.3, -0.25) is 4.79 Å². The summed E-state index contributed by atoms with van der Waals surface area (Å²) < 4.78 is 0. The van der Waals surface area contributed by atoms with E-state index >= 15 is 0 Å². The fourth-order valence-corrected chi connectivity index (χ4v) is 2.66. The third kappa shape index (κ3) is 3.22. The molecule has 100 valence electrons. The van der Waals surface area contributed by atoms with Crippen molar-refractivity contribution in [3.63, 3.8) is 0 Å². The van der Waals surface area contributed by atoms with Crippen LogP contribution in [-0.4, -0.2) is 22.6 Å². The Morgan fingerprint density at radius 3 is 3.05 bits per heavy atom. The van der Waals surface area contributed by atoms with Gasteiger partial charge in [-0.2, -0.15) is 5.26 Å². The first-order valence-corrected chi connectivity index (χ1v) is 6.54. The fraction of sp³-hybridized carbons (Fsp3) is 0.500. The van der Waals surface area contributed by atoms with Crippen LogP contribution in [0.25, 0.3) is 0 Å². The number of hydrogen-bond donors (Lipinski definition) is 2. The van der Waals surface area contributed by atoms with Crippen molar-refractivity contribution in [1.29, 1.82) is 5.26 Å². The second kappa shape index (κ2) is 6.19. The zero-order valence-electron chi connectivity index (χ0n) is 10.7. The molecule has 1 aromatic rings. The van der Waals surface area contributed by atoms with Gasteiger partial charge in [0.1, 0.15) is 6.07 Å². The Bertz CT molecular complexity index is 496. The zero-order valence-corrected chi connectivity index (χ0v) is 10.7. The molecule has 1 heterocycles. The number of hydrogen-bond acceptors (Lipinski definition) is 4. The molecule has 0 radical (unpaired) electrons. The number of carboxylic acid groups (broad SMARTS) is 1. The molecule has 0 bridgehead atoms. The van der Waals surface area contributed by atoms with Crippen molar-refractivity contribution in [2.75, 3.05) is 11.9 Å². The highest BCUT2D eigenvalue weighted by atomic mass is 16.4. The Balaban J connectivity index is 2.01. The molecule has 19 heavy (non-hydrogen) atoms. The fourth-order valence-electron chi connectivity index (χ4n) is 2.66. The maximum absolute atomic E-state index is 11.2. The molecule has 1 fully saturated rings. The number of nitrogens with one attached hydrogen (secondary N) is 1. The first kappa shape index (κ1) is 13.3. The Labute approximate surface area is 112 Å². The molecule has 1 aromatic heterocycles. The number of aliphatic carboxylic acids is 1.